The number of aromatic nitrogens is 1. The Morgan fingerprint density at radius 3 is 3.11 bits per heavy atom. The summed E-state index contributed by atoms with van der Waals surface area (Å²) < 4.78 is 11.7. The van der Waals surface area contributed by atoms with E-state index in [2.05, 4.69) is 23.3 Å². The molecule has 0 aromatic carbocycles. The van der Waals surface area contributed by atoms with E-state index in [0.717, 1.165) is 31.0 Å². The zero-order chi connectivity index (χ0) is 13.1. The Hall–Kier alpha value is -1.29. The minimum atomic E-state index is 0.309. The van der Waals surface area contributed by atoms with Gasteiger partial charge in [0.05, 0.1) is 0 Å². The van der Waals surface area contributed by atoms with Crippen LogP contribution in [-0.2, 0) is 6.54 Å². The Morgan fingerprint density at radius 2 is 2.21 bits per heavy atom. The second-order valence-electron chi connectivity index (χ2n) is 5.56. The van der Waals surface area contributed by atoms with Crippen molar-refractivity contribution in [3.05, 3.63) is 17.7 Å². The highest BCUT2D eigenvalue weighted by molar-refractivity contribution is 5.31. The normalized spacial score (nSPS) is 27.0. The minimum absolute atomic E-state index is 0.309. The quantitative estimate of drug-likeness (QED) is 0.889. The van der Waals surface area contributed by atoms with Crippen LogP contribution in [0.5, 0.6) is 11.8 Å². The average Bonchev–Trinajstić information content (AvgIpc) is 2.66. The molecule has 0 bridgehead atoms. The van der Waals surface area contributed by atoms with Gasteiger partial charge in [-0.2, -0.15) is 4.98 Å². The molecule has 1 aromatic rings. The monoisotopic (exact) mass is 262 g/mol. The Balaban J connectivity index is 1.72. The molecule has 19 heavy (non-hydrogen) atoms. The van der Waals surface area contributed by atoms with Crippen LogP contribution in [0, 0.1) is 5.92 Å². The van der Waals surface area contributed by atoms with E-state index in [1.807, 2.05) is 6.07 Å². The van der Waals surface area contributed by atoms with E-state index >= 15 is 0 Å². The third-order valence-corrected chi connectivity index (χ3v) is 4.05. The molecule has 4 heteroatoms. The molecule has 0 spiro atoms. The van der Waals surface area contributed by atoms with Crippen LogP contribution in [0.15, 0.2) is 12.1 Å². The number of nitrogens with zero attached hydrogens (tertiary/aromatic N) is 1. The lowest BCUT2D eigenvalue weighted by molar-refractivity contribution is 0.0966. The van der Waals surface area contributed by atoms with Gasteiger partial charge in [0.15, 0.2) is 0 Å². The molecule has 2 atom stereocenters. The van der Waals surface area contributed by atoms with E-state index in [1.54, 1.807) is 0 Å². The highest BCUT2D eigenvalue weighted by Crippen LogP contribution is 2.29. The summed E-state index contributed by atoms with van der Waals surface area (Å²) in [5, 5.41) is 3.31. The van der Waals surface area contributed by atoms with Gasteiger partial charge in [-0.25, -0.2) is 0 Å². The van der Waals surface area contributed by atoms with Gasteiger partial charge in [-0.3, -0.25) is 0 Å². The molecule has 1 aromatic heterocycles. The SMILES string of the molecule is CC1CCCCC1Oc1ccc2c(n1)OCCNC2. The molecule has 2 aliphatic rings. The lowest BCUT2D eigenvalue weighted by Gasteiger charge is -2.28. The highest BCUT2D eigenvalue weighted by Gasteiger charge is 2.23. The van der Waals surface area contributed by atoms with Crippen molar-refractivity contribution < 1.29 is 9.47 Å². The highest BCUT2D eigenvalue weighted by atomic mass is 16.5. The molecule has 2 unspecified atom stereocenters. The third kappa shape index (κ3) is 3.00. The summed E-state index contributed by atoms with van der Waals surface area (Å²) in [6.45, 7) is 4.63. The maximum Gasteiger partial charge on any atom is 0.221 e. The van der Waals surface area contributed by atoms with Crippen molar-refractivity contribution in [2.45, 2.75) is 45.3 Å². The van der Waals surface area contributed by atoms with Crippen molar-refractivity contribution in [2.24, 2.45) is 5.92 Å². The summed E-state index contributed by atoms with van der Waals surface area (Å²) in [5.41, 5.74) is 1.11. The minimum Gasteiger partial charge on any atom is -0.476 e. The number of hydrogen-bond acceptors (Lipinski definition) is 4. The van der Waals surface area contributed by atoms with Gasteiger partial charge in [0, 0.05) is 24.7 Å². The van der Waals surface area contributed by atoms with Gasteiger partial charge in [0.1, 0.15) is 12.7 Å². The van der Waals surface area contributed by atoms with Crippen LogP contribution >= 0.6 is 0 Å². The van der Waals surface area contributed by atoms with Crippen molar-refractivity contribution in [3.8, 4) is 11.8 Å². The Labute approximate surface area is 114 Å². The smallest absolute Gasteiger partial charge is 0.221 e. The fourth-order valence-electron chi connectivity index (χ4n) is 2.83. The fourth-order valence-corrected chi connectivity index (χ4v) is 2.83. The van der Waals surface area contributed by atoms with Gasteiger partial charge in [0.2, 0.25) is 11.8 Å². The van der Waals surface area contributed by atoms with Crippen molar-refractivity contribution in [3.63, 3.8) is 0 Å². The molecule has 1 aliphatic heterocycles. The molecule has 1 N–H and O–H groups in total. The maximum atomic E-state index is 6.06. The lowest BCUT2D eigenvalue weighted by atomic mass is 9.88. The zero-order valence-electron chi connectivity index (χ0n) is 11.5. The van der Waals surface area contributed by atoms with Crippen molar-refractivity contribution >= 4 is 0 Å². The Kier molecular flexibility index (Phi) is 3.87. The molecule has 1 aliphatic carbocycles. The van der Waals surface area contributed by atoms with Gasteiger partial charge in [-0.1, -0.05) is 13.3 Å². The number of ether oxygens (including phenoxy) is 2. The Morgan fingerprint density at radius 1 is 1.32 bits per heavy atom. The second-order valence-corrected chi connectivity index (χ2v) is 5.56. The van der Waals surface area contributed by atoms with E-state index in [1.165, 1.54) is 19.3 Å². The van der Waals surface area contributed by atoms with Gasteiger partial charge in [-0.05, 0) is 31.2 Å². The van der Waals surface area contributed by atoms with Crippen LogP contribution < -0.4 is 14.8 Å². The largest absolute Gasteiger partial charge is 0.476 e. The third-order valence-electron chi connectivity index (χ3n) is 4.05. The summed E-state index contributed by atoms with van der Waals surface area (Å²) in [6, 6.07) is 4.03. The molecule has 4 nitrogen and oxygen atoms in total. The molecule has 1 fully saturated rings. The van der Waals surface area contributed by atoms with Crippen molar-refractivity contribution in [1.82, 2.24) is 10.3 Å². The van der Waals surface area contributed by atoms with Gasteiger partial charge in [-0.15, -0.1) is 0 Å². The first-order valence-corrected chi connectivity index (χ1v) is 7.33. The van der Waals surface area contributed by atoms with Crippen LogP contribution in [0.2, 0.25) is 0 Å². The molecule has 104 valence electrons. The van der Waals surface area contributed by atoms with Crippen LogP contribution in [0.4, 0.5) is 0 Å². The predicted molar refractivity (Wildman–Crippen MR) is 73.5 cm³/mol. The fraction of sp³-hybridized carbons (Fsp3) is 0.667. The molecular weight excluding hydrogens is 240 g/mol. The second kappa shape index (κ2) is 5.78. The molecular formula is C15H22N2O2. The van der Waals surface area contributed by atoms with E-state index in [4.69, 9.17) is 9.47 Å². The van der Waals surface area contributed by atoms with E-state index in [9.17, 15) is 0 Å². The first kappa shape index (κ1) is 12.7. The number of rotatable bonds is 2. The molecule has 0 amide bonds. The van der Waals surface area contributed by atoms with Gasteiger partial charge >= 0.3 is 0 Å². The summed E-state index contributed by atoms with van der Waals surface area (Å²) in [5.74, 6) is 2.06. The molecule has 0 radical (unpaired) electrons. The summed E-state index contributed by atoms with van der Waals surface area (Å²) in [7, 11) is 0. The summed E-state index contributed by atoms with van der Waals surface area (Å²) in [6.07, 6.45) is 5.30. The molecule has 0 saturated heterocycles. The van der Waals surface area contributed by atoms with Gasteiger partial charge in [0.25, 0.3) is 0 Å². The standard InChI is InChI=1S/C15H22N2O2/c1-11-4-2-3-5-13(11)19-14-7-6-12-10-16-8-9-18-15(12)17-14/h6-7,11,13,16H,2-5,8-10H2,1H3. The summed E-state index contributed by atoms with van der Waals surface area (Å²) >= 11 is 0. The first-order valence-electron chi connectivity index (χ1n) is 7.33. The Bertz CT molecular complexity index is 436. The van der Waals surface area contributed by atoms with Crippen LogP contribution in [0.3, 0.4) is 0 Å². The average molecular weight is 262 g/mol. The number of fused-ring (bicyclic) bond motifs is 1. The lowest BCUT2D eigenvalue weighted by Crippen LogP contribution is -2.28. The van der Waals surface area contributed by atoms with Crippen molar-refractivity contribution in [1.29, 1.82) is 0 Å². The van der Waals surface area contributed by atoms with Crippen LogP contribution in [0.25, 0.3) is 0 Å². The zero-order valence-corrected chi connectivity index (χ0v) is 11.5. The van der Waals surface area contributed by atoms with E-state index < -0.39 is 0 Å². The van der Waals surface area contributed by atoms with Crippen molar-refractivity contribution in [2.75, 3.05) is 13.2 Å². The van der Waals surface area contributed by atoms with E-state index in [0.29, 0.717) is 24.5 Å². The molecule has 2 heterocycles. The predicted octanol–water partition coefficient (Wildman–Crippen LogP) is 2.52. The summed E-state index contributed by atoms with van der Waals surface area (Å²) in [4.78, 5) is 4.52. The van der Waals surface area contributed by atoms with Gasteiger partial charge < -0.3 is 14.8 Å². The van der Waals surface area contributed by atoms with E-state index in [-0.39, 0.29) is 0 Å². The van der Waals surface area contributed by atoms with Crippen LogP contribution in [0.1, 0.15) is 38.2 Å². The number of hydrogen-bond donors (Lipinski definition) is 1. The number of nitrogens with one attached hydrogen (secondary N) is 1. The first-order chi connectivity index (χ1) is 9.33. The maximum absolute atomic E-state index is 6.06. The van der Waals surface area contributed by atoms with Crippen LogP contribution in [-0.4, -0.2) is 24.2 Å². The molecule has 3 rings (SSSR count). The number of pyridine rings is 1. The molecule has 1 saturated carbocycles. The topological polar surface area (TPSA) is 43.4 Å².